The zero-order valence-corrected chi connectivity index (χ0v) is 14.5. The van der Waals surface area contributed by atoms with Gasteiger partial charge in [-0.25, -0.2) is 9.67 Å². The molecule has 1 saturated heterocycles. The number of nitrogens with one attached hydrogen (secondary N) is 1. The topological polar surface area (TPSA) is 63.1 Å². The Morgan fingerprint density at radius 3 is 3.00 bits per heavy atom. The minimum atomic E-state index is 0.173. The number of rotatable bonds is 4. The molecule has 1 N–H and O–H groups in total. The van der Waals surface area contributed by atoms with Crippen molar-refractivity contribution in [2.45, 2.75) is 51.2 Å². The molecule has 4 rings (SSSR count). The third-order valence-electron chi connectivity index (χ3n) is 5.22. The van der Waals surface area contributed by atoms with Crippen LogP contribution in [0.2, 0.25) is 0 Å². The predicted molar refractivity (Wildman–Crippen MR) is 95.2 cm³/mol. The molecule has 2 aliphatic heterocycles. The lowest BCUT2D eigenvalue weighted by Gasteiger charge is -2.27. The van der Waals surface area contributed by atoms with Crippen molar-refractivity contribution in [2.75, 3.05) is 13.1 Å². The number of amides is 1. The number of benzene rings is 1. The fourth-order valence-corrected chi connectivity index (χ4v) is 3.76. The van der Waals surface area contributed by atoms with E-state index in [1.54, 1.807) is 6.33 Å². The van der Waals surface area contributed by atoms with E-state index < -0.39 is 0 Å². The first kappa shape index (κ1) is 16.3. The molecular formula is C19H25N5O. The van der Waals surface area contributed by atoms with Gasteiger partial charge in [0.05, 0.1) is 6.54 Å². The van der Waals surface area contributed by atoms with Gasteiger partial charge in [-0.05, 0) is 43.4 Å². The molecule has 0 unspecified atom stereocenters. The van der Waals surface area contributed by atoms with Gasteiger partial charge in [0.15, 0.2) is 0 Å². The third-order valence-corrected chi connectivity index (χ3v) is 5.22. The molecule has 132 valence electrons. The monoisotopic (exact) mass is 339 g/mol. The molecule has 2 aromatic rings. The SMILES string of the molecule is O=C(c1cccc(CN[C@H]2CCc3ncnn3C2)c1)N1CCCCC1. The number of carbonyl (C=O) groups is 1. The Balaban J connectivity index is 1.36. The highest BCUT2D eigenvalue weighted by molar-refractivity contribution is 5.94. The molecule has 25 heavy (non-hydrogen) atoms. The Labute approximate surface area is 148 Å². The van der Waals surface area contributed by atoms with Crippen LogP contribution in [0.1, 0.15) is 47.4 Å². The van der Waals surface area contributed by atoms with Gasteiger partial charge in [0.25, 0.3) is 5.91 Å². The van der Waals surface area contributed by atoms with Crippen molar-refractivity contribution in [1.29, 1.82) is 0 Å². The molecule has 6 nitrogen and oxygen atoms in total. The number of hydrogen-bond donors (Lipinski definition) is 1. The zero-order chi connectivity index (χ0) is 17.1. The van der Waals surface area contributed by atoms with Crippen LogP contribution in [0, 0.1) is 0 Å². The smallest absolute Gasteiger partial charge is 0.253 e. The average molecular weight is 339 g/mol. The maximum atomic E-state index is 12.7. The molecule has 1 atom stereocenters. The standard InChI is InChI=1S/C19H25N5O/c25-19(23-9-2-1-3-10-23)16-6-4-5-15(11-16)12-20-17-7-8-18-21-14-22-24(18)13-17/h4-6,11,14,17,20H,1-3,7-10,12-13H2/t17-/m0/s1. The number of nitrogens with zero attached hydrogens (tertiary/aromatic N) is 4. The highest BCUT2D eigenvalue weighted by Gasteiger charge is 2.20. The fraction of sp³-hybridized carbons (Fsp3) is 0.526. The van der Waals surface area contributed by atoms with Crippen LogP contribution in [0.15, 0.2) is 30.6 Å². The average Bonchev–Trinajstić information content (AvgIpc) is 3.14. The summed E-state index contributed by atoms with van der Waals surface area (Å²) in [5.41, 5.74) is 1.97. The number of aryl methyl sites for hydroxylation is 1. The fourth-order valence-electron chi connectivity index (χ4n) is 3.76. The minimum Gasteiger partial charge on any atom is -0.339 e. The van der Waals surface area contributed by atoms with E-state index in [2.05, 4.69) is 21.5 Å². The summed E-state index contributed by atoms with van der Waals surface area (Å²) >= 11 is 0. The van der Waals surface area contributed by atoms with Gasteiger partial charge in [-0.2, -0.15) is 5.10 Å². The normalized spacial score (nSPS) is 20.3. The molecule has 1 aromatic heterocycles. The highest BCUT2D eigenvalue weighted by Crippen LogP contribution is 2.15. The quantitative estimate of drug-likeness (QED) is 0.925. The first-order chi connectivity index (χ1) is 12.3. The first-order valence-electron chi connectivity index (χ1n) is 9.28. The van der Waals surface area contributed by atoms with Gasteiger partial charge in [-0.1, -0.05) is 12.1 Å². The second-order valence-electron chi connectivity index (χ2n) is 7.03. The van der Waals surface area contributed by atoms with Gasteiger partial charge in [0, 0.05) is 37.7 Å². The largest absolute Gasteiger partial charge is 0.339 e. The molecule has 1 fully saturated rings. The van der Waals surface area contributed by atoms with Gasteiger partial charge < -0.3 is 10.2 Å². The summed E-state index contributed by atoms with van der Waals surface area (Å²) in [6.45, 7) is 3.42. The molecule has 6 heteroatoms. The van der Waals surface area contributed by atoms with Gasteiger partial charge in [0.1, 0.15) is 12.2 Å². The maximum absolute atomic E-state index is 12.7. The van der Waals surface area contributed by atoms with E-state index in [9.17, 15) is 4.79 Å². The Kier molecular flexibility index (Phi) is 4.78. The number of carbonyl (C=O) groups excluding carboxylic acids is 1. The van der Waals surface area contributed by atoms with E-state index in [-0.39, 0.29) is 5.91 Å². The molecule has 0 bridgehead atoms. The van der Waals surface area contributed by atoms with Crippen LogP contribution in [0.5, 0.6) is 0 Å². The van der Waals surface area contributed by atoms with Crippen LogP contribution in [-0.4, -0.2) is 44.7 Å². The molecule has 0 saturated carbocycles. The lowest BCUT2D eigenvalue weighted by molar-refractivity contribution is 0.0724. The predicted octanol–water partition coefficient (Wildman–Crippen LogP) is 2.01. The second kappa shape index (κ2) is 7.35. The van der Waals surface area contributed by atoms with Gasteiger partial charge in [-0.3, -0.25) is 4.79 Å². The van der Waals surface area contributed by atoms with Crippen LogP contribution in [0.3, 0.4) is 0 Å². The number of aromatic nitrogens is 3. The van der Waals surface area contributed by atoms with Crippen molar-refractivity contribution in [2.24, 2.45) is 0 Å². The highest BCUT2D eigenvalue weighted by atomic mass is 16.2. The molecule has 1 aromatic carbocycles. The van der Waals surface area contributed by atoms with Crippen LogP contribution in [0.25, 0.3) is 0 Å². The molecule has 3 heterocycles. The van der Waals surface area contributed by atoms with Crippen LogP contribution in [-0.2, 0) is 19.5 Å². The van der Waals surface area contributed by atoms with Gasteiger partial charge in [-0.15, -0.1) is 0 Å². The summed E-state index contributed by atoms with van der Waals surface area (Å²) < 4.78 is 1.98. The molecule has 0 radical (unpaired) electrons. The Morgan fingerprint density at radius 1 is 1.24 bits per heavy atom. The summed E-state index contributed by atoms with van der Waals surface area (Å²) in [4.78, 5) is 18.9. The summed E-state index contributed by atoms with van der Waals surface area (Å²) in [6, 6.07) is 8.45. The number of likely N-dealkylation sites (tertiary alicyclic amines) is 1. The molecule has 0 spiro atoms. The minimum absolute atomic E-state index is 0.173. The molecule has 2 aliphatic rings. The van der Waals surface area contributed by atoms with E-state index in [4.69, 9.17) is 0 Å². The molecule has 0 aliphatic carbocycles. The second-order valence-corrected chi connectivity index (χ2v) is 7.03. The summed E-state index contributed by atoms with van der Waals surface area (Å²) in [5.74, 6) is 1.25. The van der Waals surface area contributed by atoms with E-state index >= 15 is 0 Å². The lowest BCUT2D eigenvalue weighted by atomic mass is 10.1. The van der Waals surface area contributed by atoms with E-state index in [1.165, 1.54) is 6.42 Å². The Bertz CT molecular complexity index is 735. The van der Waals surface area contributed by atoms with Crippen molar-refractivity contribution >= 4 is 5.91 Å². The van der Waals surface area contributed by atoms with Gasteiger partial charge in [0.2, 0.25) is 0 Å². The van der Waals surface area contributed by atoms with Crippen LogP contribution >= 0.6 is 0 Å². The lowest BCUT2D eigenvalue weighted by Crippen LogP contribution is -2.37. The number of fused-ring (bicyclic) bond motifs is 1. The van der Waals surface area contributed by atoms with Crippen molar-refractivity contribution in [1.82, 2.24) is 25.0 Å². The van der Waals surface area contributed by atoms with Crippen LogP contribution in [0.4, 0.5) is 0 Å². The van der Waals surface area contributed by atoms with Gasteiger partial charge >= 0.3 is 0 Å². The summed E-state index contributed by atoms with van der Waals surface area (Å²) in [6.07, 6.45) is 7.16. The van der Waals surface area contributed by atoms with Crippen molar-refractivity contribution < 1.29 is 4.79 Å². The third kappa shape index (κ3) is 3.74. The summed E-state index contributed by atoms with van der Waals surface area (Å²) in [7, 11) is 0. The van der Waals surface area contributed by atoms with Crippen molar-refractivity contribution in [3.8, 4) is 0 Å². The first-order valence-corrected chi connectivity index (χ1v) is 9.28. The Morgan fingerprint density at radius 2 is 2.12 bits per heavy atom. The van der Waals surface area contributed by atoms with E-state index in [1.807, 2.05) is 27.8 Å². The number of piperidine rings is 1. The Hall–Kier alpha value is -2.21. The molecule has 1 amide bonds. The van der Waals surface area contributed by atoms with E-state index in [0.29, 0.717) is 6.04 Å². The maximum Gasteiger partial charge on any atom is 0.253 e. The summed E-state index contributed by atoms with van der Waals surface area (Å²) in [5, 5.41) is 7.87. The van der Waals surface area contributed by atoms with E-state index in [0.717, 1.165) is 68.8 Å². The zero-order valence-electron chi connectivity index (χ0n) is 14.5. The van der Waals surface area contributed by atoms with Crippen LogP contribution < -0.4 is 5.32 Å². The number of hydrogen-bond acceptors (Lipinski definition) is 4. The van der Waals surface area contributed by atoms with Crippen molar-refractivity contribution in [3.05, 3.63) is 47.5 Å². The molecular weight excluding hydrogens is 314 g/mol. The van der Waals surface area contributed by atoms with Crippen molar-refractivity contribution in [3.63, 3.8) is 0 Å².